The standard InChI is InChI=1S/C23H27N3O7/c1-4-9-32-10-8-16(12-24)13-33-23(29)20-15(3)25-14(2)19(22(27)28)21(20)17-6-5-7-18(11-17)26(30)31/h5-7,11,16,21,25H,4,8-10,13H2,1-3H3,(H,27,28). The molecule has 2 atom stereocenters. The molecule has 0 bridgehead atoms. The molecule has 1 aromatic carbocycles. The zero-order valence-corrected chi connectivity index (χ0v) is 18.8. The molecule has 1 aliphatic rings. The number of nitrogens with zero attached hydrogens (tertiary/aromatic N) is 2. The number of carbonyl (C=O) groups is 2. The van der Waals surface area contributed by atoms with Gasteiger partial charge in [-0.2, -0.15) is 5.26 Å². The second kappa shape index (κ2) is 11.8. The molecule has 0 saturated carbocycles. The van der Waals surface area contributed by atoms with Crippen molar-refractivity contribution in [2.75, 3.05) is 19.8 Å². The Bertz CT molecular complexity index is 1020. The molecule has 0 aliphatic carbocycles. The molecule has 33 heavy (non-hydrogen) atoms. The van der Waals surface area contributed by atoms with Gasteiger partial charge in [-0.05, 0) is 32.3 Å². The van der Waals surface area contributed by atoms with Crippen LogP contribution < -0.4 is 5.32 Å². The number of carbonyl (C=O) groups excluding carboxylic acids is 1. The SMILES string of the molecule is CCCOCCC(C#N)COC(=O)C1=C(C)NC(C)=C(C(=O)O)C1c1cccc([N+](=O)[O-])c1. The molecule has 0 aromatic heterocycles. The summed E-state index contributed by atoms with van der Waals surface area (Å²) in [7, 11) is 0. The fraction of sp³-hybridized carbons (Fsp3) is 0.435. The fourth-order valence-corrected chi connectivity index (χ4v) is 3.61. The molecular weight excluding hydrogens is 430 g/mol. The van der Waals surface area contributed by atoms with Crippen molar-refractivity contribution in [3.05, 3.63) is 62.5 Å². The molecule has 10 heteroatoms. The smallest absolute Gasteiger partial charge is 0.336 e. The van der Waals surface area contributed by atoms with Crippen molar-refractivity contribution in [3.8, 4) is 6.07 Å². The van der Waals surface area contributed by atoms with E-state index in [-0.39, 0.29) is 29.0 Å². The first-order valence-electron chi connectivity index (χ1n) is 10.5. The number of non-ortho nitro benzene ring substituents is 1. The normalized spacial score (nSPS) is 16.6. The number of carboxylic acids is 1. The summed E-state index contributed by atoms with van der Waals surface area (Å²) in [6.45, 7) is 5.87. The number of hydrogen-bond donors (Lipinski definition) is 2. The van der Waals surface area contributed by atoms with Gasteiger partial charge >= 0.3 is 11.9 Å². The van der Waals surface area contributed by atoms with Crippen LogP contribution in [-0.4, -0.2) is 41.8 Å². The van der Waals surface area contributed by atoms with E-state index in [1.54, 1.807) is 13.8 Å². The summed E-state index contributed by atoms with van der Waals surface area (Å²) < 4.78 is 10.8. The molecule has 0 saturated heterocycles. The summed E-state index contributed by atoms with van der Waals surface area (Å²) in [5.41, 5.74) is 0.652. The summed E-state index contributed by atoms with van der Waals surface area (Å²) in [6.07, 6.45) is 1.23. The molecule has 1 heterocycles. The van der Waals surface area contributed by atoms with Crippen LogP contribution in [0.5, 0.6) is 0 Å². The van der Waals surface area contributed by atoms with Gasteiger partial charge in [0.2, 0.25) is 0 Å². The van der Waals surface area contributed by atoms with E-state index in [0.717, 1.165) is 6.42 Å². The minimum Gasteiger partial charge on any atom is -0.478 e. The Morgan fingerprint density at radius 2 is 1.97 bits per heavy atom. The van der Waals surface area contributed by atoms with Crippen molar-refractivity contribution in [3.63, 3.8) is 0 Å². The van der Waals surface area contributed by atoms with Crippen LogP contribution in [0.15, 0.2) is 46.8 Å². The molecule has 0 spiro atoms. The Hall–Kier alpha value is -3.71. The zero-order chi connectivity index (χ0) is 24.5. The first kappa shape index (κ1) is 25.5. The highest BCUT2D eigenvalue weighted by Gasteiger charge is 2.38. The van der Waals surface area contributed by atoms with Gasteiger partial charge in [0.15, 0.2) is 0 Å². The number of benzene rings is 1. The average molecular weight is 457 g/mol. The number of carboxylic acid groups (broad SMARTS) is 1. The van der Waals surface area contributed by atoms with Crippen LogP contribution in [0, 0.1) is 27.4 Å². The van der Waals surface area contributed by atoms with Gasteiger partial charge in [-0.25, -0.2) is 9.59 Å². The molecule has 2 rings (SSSR count). The topological polar surface area (TPSA) is 152 Å². The van der Waals surface area contributed by atoms with E-state index in [4.69, 9.17) is 9.47 Å². The van der Waals surface area contributed by atoms with Crippen molar-refractivity contribution in [2.45, 2.75) is 39.5 Å². The highest BCUT2D eigenvalue weighted by molar-refractivity contribution is 5.99. The van der Waals surface area contributed by atoms with Crippen LogP contribution in [0.25, 0.3) is 0 Å². The van der Waals surface area contributed by atoms with Gasteiger partial charge in [0, 0.05) is 36.7 Å². The summed E-state index contributed by atoms with van der Waals surface area (Å²) in [5.74, 6) is -3.73. The predicted octanol–water partition coefficient (Wildman–Crippen LogP) is 3.41. The zero-order valence-electron chi connectivity index (χ0n) is 18.8. The number of aliphatic carboxylic acids is 1. The van der Waals surface area contributed by atoms with Gasteiger partial charge in [0.05, 0.1) is 34.0 Å². The fourth-order valence-electron chi connectivity index (χ4n) is 3.61. The first-order valence-corrected chi connectivity index (χ1v) is 10.5. The number of rotatable bonds is 11. The van der Waals surface area contributed by atoms with Crippen LogP contribution >= 0.6 is 0 Å². The quantitative estimate of drug-likeness (QED) is 0.220. The van der Waals surface area contributed by atoms with E-state index in [1.165, 1.54) is 24.3 Å². The third-order valence-electron chi connectivity index (χ3n) is 5.18. The lowest BCUT2D eigenvalue weighted by Crippen LogP contribution is -2.32. The molecule has 10 nitrogen and oxygen atoms in total. The summed E-state index contributed by atoms with van der Waals surface area (Å²) in [4.78, 5) is 35.8. The highest BCUT2D eigenvalue weighted by Crippen LogP contribution is 2.39. The van der Waals surface area contributed by atoms with Crippen LogP contribution in [0.1, 0.15) is 45.1 Å². The maximum absolute atomic E-state index is 13.1. The number of nitro benzene ring substituents is 1. The molecule has 0 radical (unpaired) electrons. The lowest BCUT2D eigenvalue weighted by molar-refractivity contribution is -0.384. The minimum absolute atomic E-state index is 0.0254. The third-order valence-corrected chi connectivity index (χ3v) is 5.18. The van der Waals surface area contributed by atoms with E-state index < -0.39 is 28.7 Å². The third kappa shape index (κ3) is 6.40. The van der Waals surface area contributed by atoms with Crippen LogP contribution in [0.4, 0.5) is 5.69 Å². The van der Waals surface area contributed by atoms with E-state index in [9.17, 15) is 30.1 Å². The second-order valence-corrected chi connectivity index (χ2v) is 7.62. The van der Waals surface area contributed by atoms with Gasteiger partial charge in [-0.1, -0.05) is 19.1 Å². The molecule has 2 unspecified atom stereocenters. The summed E-state index contributed by atoms with van der Waals surface area (Å²) in [5, 5.41) is 33.3. The number of nitrogens with one attached hydrogen (secondary N) is 1. The largest absolute Gasteiger partial charge is 0.478 e. The number of nitro groups is 1. The number of ether oxygens (including phenoxy) is 2. The van der Waals surface area contributed by atoms with E-state index >= 15 is 0 Å². The van der Waals surface area contributed by atoms with Gasteiger partial charge in [0.25, 0.3) is 5.69 Å². The van der Waals surface area contributed by atoms with Crippen LogP contribution in [-0.2, 0) is 19.1 Å². The number of hydrogen-bond acceptors (Lipinski definition) is 8. The van der Waals surface area contributed by atoms with Crippen molar-refractivity contribution in [1.29, 1.82) is 5.26 Å². The lowest BCUT2D eigenvalue weighted by atomic mass is 9.80. The molecular formula is C23H27N3O7. The predicted molar refractivity (Wildman–Crippen MR) is 118 cm³/mol. The monoisotopic (exact) mass is 457 g/mol. The molecule has 1 aromatic rings. The molecule has 0 amide bonds. The van der Waals surface area contributed by atoms with Crippen molar-refractivity contribution in [1.82, 2.24) is 5.32 Å². The molecule has 176 valence electrons. The van der Waals surface area contributed by atoms with E-state index in [0.29, 0.717) is 31.0 Å². The number of nitriles is 1. The Morgan fingerprint density at radius 3 is 2.58 bits per heavy atom. The highest BCUT2D eigenvalue weighted by atomic mass is 16.6. The molecule has 0 fully saturated rings. The first-order chi connectivity index (χ1) is 15.7. The van der Waals surface area contributed by atoms with Gasteiger partial charge in [-0.15, -0.1) is 0 Å². The number of dihydropyridines is 1. The Morgan fingerprint density at radius 1 is 1.27 bits per heavy atom. The maximum atomic E-state index is 13.1. The van der Waals surface area contributed by atoms with Crippen LogP contribution in [0.3, 0.4) is 0 Å². The molecule has 1 aliphatic heterocycles. The van der Waals surface area contributed by atoms with Crippen LogP contribution in [0.2, 0.25) is 0 Å². The number of esters is 1. The Labute approximate surface area is 191 Å². The summed E-state index contributed by atoms with van der Waals surface area (Å²) in [6, 6.07) is 7.58. The summed E-state index contributed by atoms with van der Waals surface area (Å²) >= 11 is 0. The van der Waals surface area contributed by atoms with Crippen molar-refractivity contribution in [2.24, 2.45) is 5.92 Å². The second-order valence-electron chi connectivity index (χ2n) is 7.62. The van der Waals surface area contributed by atoms with Crippen molar-refractivity contribution >= 4 is 17.6 Å². The van der Waals surface area contributed by atoms with Gasteiger partial charge in [-0.3, -0.25) is 10.1 Å². The average Bonchev–Trinajstić information content (AvgIpc) is 2.77. The lowest BCUT2D eigenvalue weighted by Gasteiger charge is -2.29. The molecule has 2 N–H and O–H groups in total. The minimum atomic E-state index is -1.27. The maximum Gasteiger partial charge on any atom is 0.336 e. The van der Waals surface area contributed by atoms with E-state index in [2.05, 4.69) is 11.4 Å². The van der Waals surface area contributed by atoms with Gasteiger partial charge in [0.1, 0.15) is 6.61 Å². The Kier molecular flexibility index (Phi) is 9.12. The van der Waals surface area contributed by atoms with Gasteiger partial charge < -0.3 is 19.9 Å². The number of allylic oxidation sites excluding steroid dienone is 2. The Balaban J connectivity index is 2.34. The van der Waals surface area contributed by atoms with Crippen molar-refractivity contribution < 1.29 is 29.1 Å². The van der Waals surface area contributed by atoms with E-state index in [1.807, 2.05) is 6.92 Å².